The number of fused-ring (bicyclic) bond motifs is 2. The Morgan fingerprint density at radius 1 is 1.30 bits per heavy atom. The van der Waals surface area contributed by atoms with Gasteiger partial charge in [-0.15, -0.1) is 0 Å². The van der Waals surface area contributed by atoms with E-state index < -0.39 is 5.60 Å². The van der Waals surface area contributed by atoms with Crippen LogP contribution in [0.15, 0.2) is 59.5 Å². The van der Waals surface area contributed by atoms with Crippen molar-refractivity contribution in [3.63, 3.8) is 0 Å². The number of hydrogen-bond donors (Lipinski definition) is 0. The third kappa shape index (κ3) is 2.48. The molecule has 3 heteroatoms. The van der Waals surface area contributed by atoms with Crippen molar-refractivity contribution in [2.75, 3.05) is 0 Å². The van der Waals surface area contributed by atoms with Crippen LogP contribution in [0.3, 0.4) is 0 Å². The Balaban J connectivity index is 1.87. The number of rotatable bonds is 0. The van der Waals surface area contributed by atoms with Crippen LogP contribution >= 0.6 is 0 Å². The number of nitrogens with zero attached hydrogens (tertiary/aromatic N) is 1. The van der Waals surface area contributed by atoms with Crippen LogP contribution in [0.1, 0.15) is 27.2 Å². The minimum Gasteiger partial charge on any atom is -0.443 e. The lowest BCUT2D eigenvalue weighted by Gasteiger charge is -2.24. The van der Waals surface area contributed by atoms with Crippen LogP contribution in [0.2, 0.25) is 0 Å². The Bertz CT molecular complexity index is 597. The number of amides is 1. The van der Waals surface area contributed by atoms with Gasteiger partial charge >= 0.3 is 6.09 Å². The fraction of sp³-hybridized carbons (Fsp3) is 0.353. The molecule has 0 saturated carbocycles. The van der Waals surface area contributed by atoms with Crippen molar-refractivity contribution in [2.24, 2.45) is 5.92 Å². The van der Waals surface area contributed by atoms with Gasteiger partial charge in [0.05, 0.1) is 0 Å². The lowest BCUT2D eigenvalue weighted by Crippen LogP contribution is -2.31. The van der Waals surface area contributed by atoms with E-state index in [1.165, 1.54) is 11.1 Å². The highest BCUT2D eigenvalue weighted by atomic mass is 16.6. The van der Waals surface area contributed by atoms with Crippen LogP contribution in [0.4, 0.5) is 4.79 Å². The SMILES string of the molecule is CC(C)(C)OC(=O)N1C=CC=C2C=CC=CC2C2=C1C2. The van der Waals surface area contributed by atoms with Gasteiger partial charge in [-0.2, -0.15) is 0 Å². The second kappa shape index (κ2) is 4.51. The summed E-state index contributed by atoms with van der Waals surface area (Å²) >= 11 is 0. The maximum absolute atomic E-state index is 12.2. The summed E-state index contributed by atoms with van der Waals surface area (Å²) in [4.78, 5) is 13.9. The first-order valence-corrected chi connectivity index (χ1v) is 6.93. The average Bonchev–Trinajstić information content (AvgIpc) is 3.09. The van der Waals surface area contributed by atoms with E-state index in [0.717, 1.165) is 12.1 Å². The molecule has 0 spiro atoms. The predicted octanol–water partition coefficient (Wildman–Crippen LogP) is 4.08. The molecule has 1 atom stereocenters. The molecule has 2 aliphatic carbocycles. The highest BCUT2D eigenvalue weighted by Gasteiger charge is 2.37. The molecule has 1 amide bonds. The molecule has 3 rings (SSSR count). The molecule has 0 aromatic rings. The van der Waals surface area contributed by atoms with Crippen LogP contribution < -0.4 is 0 Å². The van der Waals surface area contributed by atoms with E-state index in [4.69, 9.17) is 4.74 Å². The van der Waals surface area contributed by atoms with Crippen LogP contribution in [0.25, 0.3) is 0 Å². The summed E-state index contributed by atoms with van der Waals surface area (Å²) in [7, 11) is 0. The number of carbonyl (C=O) groups is 1. The molecule has 3 nitrogen and oxygen atoms in total. The smallest absolute Gasteiger partial charge is 0.418 e. The Labute approximate surface area is 119 Å². The van der Waals surface area contributed by atoms with Crippen molar-refractivity contribution in [3.05, 3.63) is 59.5 Å². The molecule has 0 aromatic carbocycles. The van der Waals surface area contributed by atoms with E-state index in [-0.39, 0.29) is 6.09 Å². The van der Waals surface area contributed by atoms with Crippen molar-refractivity contribution in [3.8, 4) is 0 Å². The van der Waals surface area contributed by atoms with Gasteiger partial charge < -0.3 is 4.74 Å². The summed E-state index contributed by atoms with van der Waals surface area (Å²) < 4.78 is 5.46. The summed E-state index contributed by atoms with van der Waals surface area (Å²) in [6, 6.07) is 0. The maximum atomic E-state index is 12.2. The van der Waals surface area contributed by atoms with Gasteiger partial charge in [0.25, 0.3) is 0 Å². The molecule has 3 aliphatic rings. The first-order chi connectivity index (χ1) is 9.46. The van der Waals surface area contributed by atoms with Crippen molar-refractivity contribution in [1.29, 1.82) is 0 Å². The lowest BCUT2D eigenvalue weighted by atomic mass is 9.91. The van der Waals surface area contributed by atoms with Crippen molar-refractivity contribution >= 4 is 6.09 Å². The number of carbonyl (C=O) groups excluding carboxylic acids is 1. The van der Waals surface area contributed by atoms with Crippen LogP contribution in [0.5, 0.6) is 0 Å². The first kappa shape index (κ1) is 13.0. The van der Waals surface area contributed by atoms with E-state index in [2.05, 4.69) is 24.3 Å². The summed E-state index contributed by atoms with van der Waals surface area (Å²) in [6.45, 7) is 5.65. The molecule has 0 fully saturated rings. The van der Waals surface area contributed by atoms with E-state index in [0.29, 0.717) is 5.92 Å². The Kier molecular flexibility index (Phi) is 2.93. The van der Waals surface area contributed by atoms with Gasteiger partial charge in [0.15, 0.2) is 0 Å². The molecule has 104 valence electrons. The molecule has 0 saturated heterocycles. The standard InChI is InChI=1S/C17H19NO2/c1-17(2,3)20-16(19)18-10-6-8-12-7-4-5-9-13(12)14-11-15(14)18/h4-10,13H,11H2,1-3H3. The van der Waals surface area contributed by atoms with Gasteiger partial charge in [-0.25, -0.2) is 4.79 Å². The second-order valence-electron chi connectivity index (χ2n) is 6.23. The molecule has 1 unspecified atom stereocenters. The van der Waals surface area contributed by atoms with E-state index in [1.54, 1.807) is 11.1 Å². The van der Waals surface area contributed by atoms with Crippen LogP contribution in [-0.4, -0.2) is 16.6 Å². The molecule has 0 N–H and O–H groups in total. The van der Waals surface area contributed by atoms with Gasteiger partial charge in [0, 0.05) is 24.2 Å². The summed E-state index contributed by atoms with van der Waals surface area (Å²) in [5, 5.41) is 0. The molecule has 0 radical (unpaired) electrons. The normalized spacial score (nSPS) is 23.6. The van der Waals surface area contributed by atoms with Gasteiger partial charge in [-0.05, 0) is 38.0 Å². The van der Waals surface area contributed by atoms with E-state index in [1.807, 2.05) is 32.9 Å². The monoisotopic (exact) mass is 269 g/mol. The van der Waals surface area contributed by atoms with Gasteiger partial charge in [-0.1, -0.05) is 30.4 Å². The van der Waals surface area contributed by atoms with Gasteiger partial charge in [-0.3, -0.25) is 4.90 Å². The first-order valence-electron chi connectivity index (χ1n) is 6.93. The average molecular weight is 269 g/mol. The topological polar surface area (TPSA) is 29.5 Å². The largest absolute Gasteiger partial charge is 0.443 e. The zero-order valence-corrected chi connectivity index (χ0v) is 12.1. The molecule has 20 heavy (non-hydrogen) atoms. The van der Waals surface area contributed by atoms with E-state index in [9.17, 15) is 4.79 Å². The second-order valence-corrected chi connectivity index (χ2v) is 6.23. The Hall–Kier alpha value is -2.03. The fourth-order valence-electron chi connectivity index (χ4n) is 2.51. The maximum Gasteiger partial charge on any atom is 0.418 e. The molecule has 1 heterocycles. The van der Waals surface area contributed by atoms with Gasteiger partial charge in [0.2, 0.25) is 0 Å². The highest BCUT2D eigenvalue weighted by molar-refractivity contribution is 5.74. The van der Waals surface area contributed by atoms with Crippen molar-refractivity contribution in [2.45, 2.75) is 32.8 Å². The molecular formula is C17H19NO2. The quantitative estimate of drug-likeness (QED) is 0.663. The van der Waals surface area contributed by atoms with Crippen LogP contribution in [-0.2, 0) is 4.74 Å². The third-order valence-corrected chi connectivity index (χ3v) is 3.45. The molecule has 0 aromatic heterocycles. The van der Waals surface area contributed by atoms with Crippen molar-refractivity contribution in [1.82, 2.24) is 4.90 Å². The minimum absolute atomic E-state index is 0.300. The predicted molar refractivity (Wildman–Crippen MR) is 78.7 cm³/mol. The van der Waals surface area contributed by atoms with Crippen LogP contribution in [0, 0.1) is 5.92 Å². The lowest BCUT2D eigenvalue weighted by molar-refractivity contribution is 0.0389. The zero-order chi connectivity index (χ0) is 14.3. The number of ether oxygens (including phenoxy) is 1. The fourth-order valence-corrected chi connectivity index (χ4v) is 2.51. The summed E-state index contributed by atoms with van der Waals surface area (Å²) in [5.41, 5.74) is 3.19. The third-order valence-electron chi connectivity index (χ3n) is 3.45. The zero-order valence-electron chi connectivity index (χ0n) is 12.1. The number of hydrogen-bond acceptors (Lipinski definition) is 2. The Morgan fingerprint density at radius 2 is 2.10 bits per heavy atom. The minimum atomic E-state index is -0.475. The van der Waals surface area contributed by atoms with Crippen molar-refractivity contribution < 1.29 is 9.53 Å². The molecule has 1 aliphatic heterocycles. The Morgan fingerprint density at radius 3 is 2.85 bits per heavy atom. The molecular weight excluding hydrogens is 250 g/mol. The summed E-state index contributed by atoms with van der Waals surface area (Å²) in [5.74, 6) is 0.310. The highest BCUT2D eigenvalue weighted by Crippen LogP contribution is 2.45. The molecule has 0 bridgehead atoms. The number of allylic oxidation sites excluding steroid dienone is 9. The summed E-state index contributed by atoms with van der Waals surface area (Å²) in [6.07, 6.45) is 14.8. The van der Waals surface area contributed by atoms with Gasteiger partial charge in [0.1, 0.15) is 5.60 Å². The van der Waals surface area contributed by atoms with E-state index >= 15 is 0 Å².